The summed E-state index contributed by atoms with van der Waals surface area (Å²) in [6.45, 7) is 2.57. The molecule has 0 saturated heterocycles. The van der Waals surface area contributed by atoms with Gasteiger partial charge < -0.3 is 4.90 Å². The van der Waals surface area contributed by atoms with Gasteiger partial charge in [0.25, 0.3) is 0 Å². The molecule has 0 radical (unpaired) electrons. The highest BCUT2D eigenvalue weighted by Crippen LogP contribution is 2.58. The number of ketones is 1. The van der Waals surface area contributed by atoms with Crippen LogP contribution in [0.5, 0.6) is 0 Å². The normalized spacial score (nSPS) is 21.0. The van der Waals surface area contributed by atoms with Gasteiger partial charge >= 0.3 is 0 Å². The van der Waals surface area contributed by atoms with Crippen molar-refractivity contribution in [3.8, 4) is 0 Å². The van der Waals surface area contributed by atoms with Gasteiger partial charge in [-0.15, -0.1) is 0 Å². The van der Waals surface area contributed by atoms with Gasteiger partial charge in [-0.25, -0.2) is 0 Å². The maximum atomic E-state index is 14.7. The molecule has 1 spiro atoms. The van der Waals surface area contributed by atoms with Crippen molar-refractivity contribution in [2.24, 2.45) is 0 Å². The van der Waals surface area contributed by atoms with Gasteiger partial charge in [0, 0.05) is 23.6 Å². The van der Waals surface area contributed by atoms with Gasteiger partial charge in [0.05, 0.1) is 6.54 Å². The summed E-state index contributed by atoms with van der Waals surface area (Å²) < 4.78 is 0. The first-order valence-electron chi connectivity index (χ1n) is 11.8. The molecule has 6 rings (SSSR count). The molecule has 0 aromatic heterocycles. The molecule has 1 amide bonds. The highest BCUT2D eigenvalue weighted by Gasteiger charge is 2.60. The number of para-hydroxylation sites is 1. The van der Waals surface area contributed by atoms with E-state index in [2.05, 4.69) is 37.3 Å². The van der Waals surface area contributed by atoms with Crippen LogP contribution in [-0.2, 0) is 16.8 Å². The molecule has 0 saturated carbocycles. The predicted octanol–water partition coefficient (Wildman–Crippen LogP) is 6.20. The maximum Gasteiger partial charge on any atom is 0.243 e. The lowest BCUT2D eigenvalue weighted by molar-refractivity contribution is -0.122. The fourth-order valence-corrected chi connectivity index (χ4v) is 6.03. The van der Waals surface area contributed by atoms with Crippen molar-refractivity contribution in [2.75, 3.05) is 4.90 Å². The van der Waals surface area contributed by atoms with Gasteiger partial charge in [-0.1, -0.05) is 97.1 Å². The molecule has 3 heteroatoms. The molecule has 4 aromatic carbocycles. The minimum absolute atomic E-state index is 0.0470. The van der Waals surface area contributed by atoms with Crippen LogP contribution in [0.1, 0.15) is 50.5 Å². The van der Waals surface area contributed by atoms with E-state index < -0.39 is 5.41 Å². The molecule has 2 atom stereocenters. The van der Waals surface area contributed by atoms with E-state index in [0.717, 1.165) is 33.5 Å². The number of carbonyl (C=O) groups excluding carboxylic acids is 2. The Morgan fingerprint density at radius 1 is 0.765 bits per heavy atom. The van der Waals surface area contributed by atoms with E-state index in [1.165, 1.54) is 0 Å². The summed E-state index contributed by atoms with van der Waals surface area (Å²) in [5, 5.41) is 0. The van der Waals surface area contributed by atoms with Crippen LogP contribution in [0.4, 0.5) is 5.69 Å². The van der Waals surface area contributed by atoms with E-state index >= 15 is 0 Å². The zero-order valence-electron chi connectivity index (χ0n) is 19.1. The van der Waals surface area contributed by atoms with E-state index in [0.29, 0.717) is 18.5 Å². The van der Waals surface area contributed by atoms with E-state index in [-0.39, 0.29) is 17.6 Å². The van der Waals surface area contributed by atoms with Crippen LogP contribution in [0.15, 0.2) is 103 Å². The third kappa shape index (κ3) is 2.83. The van der Waals surface area contributed by atoms with Gasteiger partial charge in [-0.05, 0) is 40.8 Å². The number of amides is 1. The van der Waals surface area contributed by atoms with Crippen molar-refractivity contribution in [3.63, 3.8) is 0 Å². The predicted molar refractivity (Wildman–Crippen MR) is 134 cm³/mol. The van der Waals surface area contributed by atoms with Crippen LogP contribution in [0.3, 0.4) is 0 Å². The van der Waals surface area contributed by atoms with Crippen LogP contribution < -0.4 is 4.90 Å². The maximum absolute atomic E-state index is 14.7. The van der Waals surface area contributed by atoms with Gasteiger partial charge in [0.15, 0.2) is 5.78 Å². The average molecular weight is 444 g/mol. The van der Waals surface area contributed by atoms with E-state index in [1.807, 2.05) is 77.7 Å². The third-order valence-electron chi connectivity index (χ3n) is 7.51. The number of aryl methyl sites for hydroxylation is 1. The SMILES string of the molecule is Cc1ccccc1[C@@H]1CC(=O)c2ccccc2[C@@]12C(=O)N(Cc1ccccc1)c1ccccc12. The van der Waals surface area contributed by atoms with Crippen LogP contribution in [0, 0.1) is 6.92 Å². The van der Waals surface area contributed by atoms with Crippen molar-refractivity contribution in [2.45, 2.75) is 31.2 Å². The molecule has 34 heavy (non-hydrogen) atoms. The largest absolute Gasteiger partial charge is 0.307 e. The topological polar surface area (TPSA) is 37.4 Å². The molecular weight excluding hydrogens is 418 g/mol. The van der Waals surface area contributed by atoms with Crippen molar-refractivity contribution in [3.05, 3.63) is 137 Å². The second-order valence-corrected chi connectivity index (χ2v) is 9.28. The first-order valence-corrected chi connectivity index (χ1v) is 11.8. The Bertz CT molecular complexity index is 1420. The molecule has 1 heterocycles. The summed E-state index contributed by atoms with van der Waals surface area (Å²) in [6, 6.07) is 34.1. The number of hydrogen-bond donors (Lipinski definition) is 0. The lowest BCUT2D eigenvalue weighted by Gasteiger charge is -2.42. The van der Waals surface area contributed by atoms with E-state index in [4.69, 9.17) is 0 Å². The Labute approximate surface area is 199 Å². The standard InChI is InChI=1S/C31H25NO2/c1-21-11-5-6-14-23(21)27-19-29(33)24-15-7-8-16-25(24)31(27)26-17-9-10-18-28(26)32(30(31)34)20-22-12-3-2-4-13-22/h2-18,27H,19-20H2,1H3/t27-,31-/m0/s1. The van der Waals surface area contributed by atoms with Crippen molar-refractivity contribution in [1.29, 1.82) is 0 Å². The summed E-state index contributed by atoms with van der Waals surface area (Å²) in [5.74, 6) is -0.127. The zero-order chi connectivity index (χ0) is 23.3. The lowest BCUT2D eigenvalue weighted by Crippen LogP contribution is -2.49. The first-order chi connectivity index (χ1) is 16.6. The van der Waals surface area contributed by atoms with Gasteiger partial charge in [0.2, 0.25) is 5.91 Å². The first kappa shape index (κ1) is 20.6. The van der Waals surface area contributed by atoms with Crippen molar-refractivity contribution >= 4 is 17.4 Å². The summed E-state index contributed by atoms with van der Waals surface area (Å²) in [4.78, 5) is 30.0. The van der Waals surface area contributed by atoms with Crippen molar-refractivity contribution in [1.82, 2.24) is 0 Å². The number of rotatable bonds is 3. The monoisotopic (exact) mass is 443 g/mol. The van der Waals surface area contributed by atoms with Gasteiger partial charge in [0.1, 0.15) is 5.41 Å². The minimum Gasteiger partial charge on any atom is -0.307 e. The van der Waals surface area contributed by atoms with Crippen LogP contribution >= 0.6 is 0 Å². The molecule has 4 aromatic rings. The molecule has 1 aliphatic carbocycles. The Morgan fingerprint density at radius 3 is 2.21 bits per heavy atom. The van der Waals surface area contributed by atoms with Crippen LogP contribution in [0.2, 0.25) is 0 Å². The summed E-state index contributed by atoms with van der Waals surface area (Å²) in [7, 11) is 0. The summed E-state index contributed by atoms with van der Waals surface area (Å²) in [5.41, 5.74) is 5.71. The molecule has 2 aliphatic rings. The summed E-state index contributed by atoms with van der Waals surface area (Å²) in [6.07, 6.45) is 0.307. The number of anilines is 1. The molecule has 1 aliphatic heterocycles. The molecule has 166 valence electrons. The van der Waals surface area contributed by atoms with E-state index in [9.17, 15) is 9.59 Å². The third-order valence-corrected chi connectivity index (χ3v) is 7.51. The molecular formula is C31H25NO2. The number of Topliss-reactive ketones (excluding diaryl/α,β-unsaturated/α-hetero) is 1. The smallest absolute Gasteiger partial charge is 0.243 e. The fourth-order valence-electron chi connectivity index (χ4n) is 6.03. The van der Waals surface area contributed by atoms with Crippen LogP contribution in [0.25, 0.3) is 0 Å². The van der Waals surface area contributed by atoms with Gasteiger partial charge in [-0.2, -0.15) is 0 Å². The fraction of sp³-hybridized carbons (Fsp3) is 0.161. The van der Waals surface area contributed by atoms with Gasteiger partial charge in [-0.3, -0.25) is 9.59 Å². The Kier molecular flexibility index (Phi) is 4.73. The number of nitrogens with zero attached hydrogens (tertiary/aromatic N) is 1. The second-order valence-electron chi connectivity index (χ2n) is 9.28. The van der Waals surface area contributed by atoms with Crippen molar-refractivity contribution < 1.29 is 9.59 Å². The molecule has 0 fully saturated rings. The van der Waals surface area contributed by atoms with E-state index in [1.54, 1.807) is 0 Å². The molecule has 3 nitrogen and oxygen atoms in total. The summed E-state index contributed by atoms with van der Waals surface area (Å²) >= 11 is 0. The number of benzene rings is 4. The number of carbonyl (C=O) groups is 2. The Balaban J connectivity index is 1.65. The molecule has 0 bridgehead atoms. The number of fused-ring (bicyclic) bond motifs is 4. The highest BCUT2D eigenvalue weighted by atomic mass is 16.2. The Hall–Kier alpha value is -3.98. The number of hydrogen-bond acceptors (Lipinski definition) is 2. The zero-order valence-corrected chi connectivity index (χ0v) is 19.1. The molecule has 0 unspecified atom stereocenters. The lowest BCUT2D eigenvalue weighted by atomic mass is 9.57. The second kappa shape index (κ2) is 7.81. The quantitative estimate of drug-likeness (QED) is 0.378. The highest BCUT2D eigenvalue weighted by molar-refractivity contribution is 6.15. The average Bonchev–Trinajstić information content (AvgIpc) is 3.11. The van der Waals surface area contributed by atoms with Crippen LogP contribution in [-0.4, -0.2) is 11.7 Å². The molecule has 0 N–H and O–H groups in total. The Morgan fingerprint density at radius 2 is 1.41 bits per heavy atom. The minimum atomic E-state index is -0.942.